The van der Waals surface area contributed by atoms with Crippen molar-refractivity contribution in [2.24, 2.45) is 52.3 Å². The second-order valence-corrected chi connectivity index (χ2v) is 12.8. The minimum Gasteiger partial charge on any atom is -0.0845 e. The summed E-state index contributed by atoms with van der Waals surface area (Å²) < 4.78 is 0. The normalized spacial score (nSPS) is 45.3. The summed E-state index contributed by atoms with van der Waals surface area (Å²) in [5, 5.41) is 0. The van der Waals surface area contributed by atoms with Crippen molar-refractivity contribution in [1.82, 2.24) is 0 Å². The Morgan fingerprint density at radius 2 is 1.76 bits per heavy atom. The van der Waals surface area contributed by atoms with Gasteiger partial charge in [0.1, 0.15) is 0 Å². The van der Waals surface area contributed by atoms with Gasteiger partial charge in [0.05, 0.1) is 0 Å². The molecule has 0 aromatic rings. The molecule has 166 valence electrons. The number of hydrogen-bond acceptors (Lipinski definition) is 0. The fourth-order valence-electron chi connectivity index (χ4n) is 9.11. The predicted molar refractivity (Wildman–Crippen MR) is 127 cm³/mol. The van der Waals surface area contributed by atoms with E-state index in [9.17, 15) is 0 Å². The maximum Gasteiger partial charge on any atom is -0.00851 e. The van der Waals surface area contributed by atoms with Crippen molar-refractivity contribution in [1.29, 1.82) is 0 Å². The molecule has 8 atom stereocenters. The van der Waals surface area contributed by atoms with E-state index in [1.165, 1.54) is 77.0 Å². The number of rotatable bonds is 6. The minimum atomic E-state index is 0.552. The summed E-state index contributed by atoms with van der Waals surface area (Å²) in [7, 11) is 0. The first-order valence-electron chi connectivity index (χ1n) is 13.5. The fourth-order valence-corrected chi connectivity index (χ4v) is 9.11. The first-order valence-corrected chi connectivity index (χ1v) is 13.5. The fraction of sp³-hybridized carbons (Fsp3) is 0.931. The number of fused-ring (bicyclic) bond motifs is 5. The van der Waals surface area contributed by atoms with E-state index in [1.54, 1.807) is 0 Å². The lowest BCUT2D eigenvalue weighted by Gasteiger charge is -2.58. The van der Waals surface area contributed by atoms with Crippen LogP contribution in [0.25, 0.3) is 0 Å². The Hall–Kier alpha value is -0.260. The molecule has 0 heteroatoms. The van der Waals surface area contributed by atoms with E-state index in [2.05, 4.69) is 47.6 Å². The third kappa shape index (κ3) is 3.78. The molecule has 29 heavy (non-hydrogen) atoms. The largest absolute Gasteiger partial charge is 0.0845 e. The highest BCUT2D eigenvalue weighted by atomic mass is 14.6. The van der Waals surface area contributed by atoms with Crippen LogP contribution in [0.4, 0.5) is 0 Å². The Labute approximate surface area is 182 Å². The molecule has 0 aliphatic heterocycles. The van der Waals surface area contributed by atoms with Gasteiger partial charge in [-0.05, 0) is 104 Å². The average Bonchev–Trinajstić information content (AvgIpc) is 3.04. The Kier molecular flexibility index (Phi) is 6.32. The summed E-state index contributed by atoms with van der Waals surface area (Å²) in [5.74, 6) is 6.78. The molecule has 0 amide bonds. The Morgan fingerprint density at radius 1 is 0.966 bits per heavy atom. The zero-order valence-corrected chi connectivity index (χ0v) is 20.6. The van der Waals surface area contributed by atoms with Crippen molar-refractivity contribution < 1.29 is 0 Å². The van der Waals surface area contributed by atoms with Gasteiger partial charge in [0, 0.05) is 0 Å². The topological polar surface area (TPSA) is 0 Å². The van der Waals surface area contributed by atoms with Gasteiger partial charge in [-0.1, -0.05) is 78.9 Å². The SMILES string of the molecule is CC[C@H]1CCC2(C)C(=CCC3C2CCC2(C)C3CCC2[C@H](C)CCCC(C)C)C1. The monoisotopic (exact) mass is 398 g/mol. The highest BCUT2D eigenvalue weighted by Gasteiger charge is 2.58. The van der Waals surface area contributed by atoms with Gasteiger partial charge < -0.3 is 0 Å². The Bertz CT molecular complexity index is 599. The standard InChI is InChI=1S/C29H50/c1-7-22-15-17-28(5)23(19-22)11-12-24-26-14-13-25(21(4)10-8-9-20(2)3)29(26,6)18-16-27(24)28/h11,20-22,24-27H,7-10,12-19H2,1-6H3/t21-,22+,24?,25?,26?,27?,28?,29?/m1/s1. The van der Waals surface area contributed by atoms with Crippen LogP contribution in [0.3, 0.4) is 0 Å². The molecular formula is C29H50. The highest BCUT2D eigenvalue weighted by molar-refractivity contribution is 5.25. The zero-order valence-electron chi connectivity index (χ0n) is 20.6. The summed E-state index contributed by atoms with van der Waals surface area (Å²) in [6.45, 7) is 15.2. The summed E-state index contributed by atoms with van der Waals surface area (Å²) >= 11 is 0. The van der Waals surface area contributed by atoms with E-state index < -0.39 is 0 Å². The summed E-state index contributed by atoms with van der Waals surface area (Å²) in [5.41, 5.74) is 3.08. The summed E-state index contributed by atoms with van der Waals surface area (Å²) in [6.07, 6.45) is 20.4. The maximum atomic E-state index is 2.77. The average molecular weight is 399 g/mol. The minimum absolute atomic E-state index is 0.552. The first-order chi connectivity index (χ1) is 13.8. The van der Waals surface area contributed by atoms with Gasteiger partial charge in [-0.25, -0.2) is 0 Å². The van der Waals surface area contributed by atoms with E-state index in [0.29, 0.717) is 10.8 Å². The van der Waals surface area contributed by atoms with E-state index >= 15 is 0 Å². The van der Waals surface area contributed by atoms with Gasteiger partial charge in [0.15, 0.2) is 0 Å². The van der Waals surface area contributed by atoms with E-state index in [1.807, 2.05) is 5.57 Å². The number of allylic oxidation sites excluding steroid dienone is 2. The predicted octanol–water partition coefficient (Wildman–Crippen LogP) is 9.05. The highest BCUT2D eigenvalue weighted by Crippen LogP contribution is 2.67. The first kappa shape index (κ1) is 22.0. The smallest absolute Gasteiger partial charge is 0.00851 e. The van der Waals surface area contributed by atoms with Gasteiger partial charge in [0.25, 0.3) is 0 Å². The molecule has 0 radical (unpaired) electrons. The summed E-state index contributed by atoms with van der Waals surface area (Å²) in [6, 6.07) is 0. The van der Waals surface area contributed by atoms with Gasteiger partial charge in [0.2, 0.25) is 0 Å². The van der Waals surface area contributed by atoms with E-state index in [-0.39, 0.29) is 0 Å². The molecular weight excluding hydrogens is 348 g/mol. The molecule has 0 aromatic heterocycles. The van der Waals surface area contributed by atoms with Gasteiger partial charge >= 0.3 is 0 Å². The molecule has 4 aliphatic carbocycles. The van der Waals surface area contributed by atoms with Gasteiger partial charge in [-0.2, -0.15) is 0 Å². The Morgan fingerprint density at radius 3 is 2.48 bits per heavy atom. The van der Waals surface area contributed by atoms with Gasteiger partial charge in [-0.3, -0.25) is 0 Å². The molecule has 0 saturated heterocycles. The molecule has 0 N–H and O–H groups in total. The van der Waals surface area contributed by atoms with Crippen LogP contribution in [0.2, 0.25) is 0 Å². The van der Waals surface area contributed by atoms with E-state index in [0.717, 1.165) is 41.4 Å². The third-order valence-corrected chi connectivity index (χ3v) is 11.0. The lowest BCUT2D eigenvalue weighted by molar-refractivity contribution is -0.0528. The molecule has 4 aliphatic rings. The van der Waals surface area contributed by atoms with Crippen LogP contribution in [-0.4, -0.2) is 0 Å². The van der Waals surface area contributed by atoms with Crippen LogP contribution in [0.5, 0.6) is 0 Å². The molecule has 4 rings (SSSR count). The van der Waals surface area contributed by atoms with Crippen LogP contribution >= 0.6 is 0 Å². The van der Waals surface area contributed by atoms with Crippen molar-refractivity contribution in [3.63, 3.8) is 0 Å². The van der Waals surface area contributed by atoms with Crippen molar-refractivity contribution >= 4 is 0 Å². The van der Waals surface area contributed by atoms with Crippen LogP contribution in [0, 0.1) is 52.3 Å². The molecule has 0 nitrogen and oxygen atoms in total. The molecule has 0 heterocycles. The lowest BCUT2D eigenvalue weighted by Crippen LogP contribution is -2.50. The molecule has 0 bridgehead atoms. The molecule has 6 unspecified atom stereocenters. The third-order valence-electron chi connectivity index (χ3n) is 11.0. The van der Waals surface area contributed by atoms with Crippen LogP contribution in [0.1, 0.15) is 119 Å². The van der Waals surface area contributed by atoms with Crippen LogP contribution < -0.4 is 0 Å². The second-order valence-electron chi connectivity index (χ2n) is 12.8. The lowest BCUT2D eigenvalue weighted by atomic mass is 9.46. The van der Waals surface area contributed by atoms with Gasteiger partial charge in [-0.15, -0.1) is 0 Å². The van der Waals surface area contributed by atoms with Crippen molar-refractivity contribution in [3.05, 3.63) is 11.6 Å². The van der Waals surface area contributed by atoms with E-state index in [4.69, 9.17) is 0 Å². The maximum absolute atomic E-state index is 2.77. The van der Waals surface area contributed by atoms with Crippen molar-refractivity contribution in [2.75, 3.05) is 0 Å². The molecule has 0 spiro atoms. The summed E-state index contributed by atoms with van der Waals surface area (Å²) in [4.78, 5) is 0. The quantitative estimate of drug-likeness (QED) is 0.391. The Balaban J connectivity index is 1.48. The van der Waals surface area contributed by atoms with Crippen molar-refractivity contribution in [2.45, 2.75) is 119 Å². The molecule has 0 aromatic carbocycles. The van der Waals surface area contributed by atoms with Crippen LogP contribution in [0.15, 0.2) is 11.6 Å². The number of hydrogen-bond donors (Lipinski definition) is 0. The second kappa shape index (κ2) is 8.35. The molecule has 3 saturated carbocycles. The molecule has 3 fully saturated rings. The van der Waals surface area contributed by atoms with Crippen molar-refractivity contribution in [3.8, 4) is 0 Å². The van der Waals surface area contributed by atoms with Crippen LogP contribution in [-0.2, 0) is 0 Å². The zero-order chi connectivity index (χ0) is 20.8.